The summed E-state index contributed by atoms with van der Waals surface area (Å²) in [4.78, 5) is 12.4. The van der Waals surface area contributed by atoms with Crippen LogP contribution in [-0.4, -0.2) is 34.9 Å². The van der Waals surface area contributed by atoms with Gasteiger partial charge in [0.2, 0.25) is 5.91 Å². The van der Waals surface area contributed by atoms with Gasteiger partial charge in [-0.3, -0.25) is 4.79 Å². The first kappa shape index (κ1) is 43.4. The molecule has 0 aliphatic heterocycles. The van der Waals surface area contributed by atoms with Crippen LogP contribution in [0.25, 0.3) is 0 Å². The van der Waals surface area contributed by atoms with E-state index in [4.69, 9.17) is 0 Å². The fourth-order valence-electron chi connectivity index (χ4n) is 6.48. The fourth-order valence-corrected chi connectivity index (χ4v) is 6.48. The molecule has 0 radical (unpaired) electrons. The van der Waals surface area contributed by atoms with Gasteiger partial charge in [0.15, 0.2) is 0 Å². The van der Waals surface area contributed by atoms with Crippen molar-refractivity contribution >= 4 is 5.91 Å². The van der Waals surface area contributed by atoms with E-state index >= 15 is 0 Å². The Balaban J connectivity index is 3.49. The lowest BCUT2D eigenvalue weighted by atomic mass is 10.0. The second-order valence-corrected chi connectivity index (χ2v) is 14.1. The normalized spacial score (nSPS) is 12.9. The fraction of sp³-hybridized carbons (Fsp3) is 0.975. The number of carbonyl (C=O) groups is 1. The van der Waals surface area contributed by atoms with E-state index in [0.29, 0.717) is 12.8 Å². The highest BCUT2D eigenvalue weighted by Gasteiger charge is 2.19. The Hall–Kier alpha value is -0.610. The lowest BCUT2D eigenvalue weighted by molar-refractivity contribution is -0.123. The summed E-state index contributed by atoms with van der Waals surface area (Å²) in [6.45, 7) is 4.37. The lowest BCUT2D eigenvalue weighted by Crippen LogP contribution is -2.45. The molecule has 0 bridgehead atoms. The molecule has 0 fully saturated rings. The van der Waals surface area contributed by atoms with Crippen molar-refractivity contribution in [1.29, 1.82) is 0 Å². The summed E-state index contributed by atoms with van der Waals surface area (Å²) in [5, 5.41) is 23.1. The number of aliphatic hydroxyl groups excluding tert-OH is 2. The van der Waals surface area contributed by atoms with E-state index in [1.165, 1.54) is 180 Å². The molecule has 0 saturated carbocycles. The van der Waals surface area contributed by atoms with Crippen molar-refractivity contribution in [2.24, 2.45) is 0 Å². The van der Waals surface area contributed by atoms with Gasteiger partial charge in [0.25, 0.3) is 0 Å². The third-order valence-electron chi connectivity index (χ3n) is 9.62. The second-order valence-electron chi connectivity index (χ2n) is 14.1. The average Bonchev–Trinajstić information content (AvgIpc) is 3.03. The maximum atomic E-state index is 12.4. The SMILES string of the molecule is CCCCCCCCCCCCCCCCCCCC(=O)N[C@@H](CO)[C@H](O)CCCCCCCCCCCCCCCCC. The van der Waals surface area contributed by atoms with E-state index in [2.05, 4.69) is 19.2 Å². The molecule has 0 saturated heterocycles. The number of nitrogens with one attached hydrogen (secondary N) is 1. The van der Waals surface area contributed by atoms with E-state index in [1.807, 2.05) is 0 Å². The van der Waals surface area contributed by atoms with Crippen molar-refractivity contribution in [3.63, 3.8) is 0 Å². The third-order valence-corrected chi connectivity index (χ3v) is 9.62. The Morgan fingerprint density at radius 2 is 0.727 bits per heavy atom. The van der Waals surface area contributed by atoms with Crippen molar-refractivity contribution in [1.82, 2.24) is 5.32 Å². The van der Waals surface area contributed by atoms with E-state index < -0.39 is 12.1 Å². The predicted octanol–water partition coefficient (Wildman–Crippen LogP) is 12.1. The summed E-state index contributed by atoms with van der Waals surface area (Å²) in [5.74, 6) is -0.0273. The van der Waals surface area contributed by atoms with Crippen LogP contribution >= 0.6 is 0 Å². The number of carbonyl (C=O) groups excluding carboxylic acids is 1. The zero-order chi connectivity index (χ0) is 32.2. The van der Waals surface area contributed by atoms with Crippen LogP contribution in [0.5, 0.6) is 0 Å². The van der Waals surface area contributed by atoms with Crippen LogP contribution in [0.2, 0.25) is 0 Å². The van der Waals surface area contributed by atoms with E-state index in [0.717, 1.165) is 25.7 Å². The first-order chi connectivity index (χ1) is 21.7. The molecule has 44 heavy (non-hydrogen) atoms. The van der Waals surface area contributed by atoms with Crippen LogP contribution in [0.4, 0.5) is 0 Å². The quantitative estimate of drug-likeness (QED) is 0.0603. The topological polar surface area (TPSA) is 69.6 Å². The molecule has 0 aliphatic rings. The molecule has 0 heterocycles. The minimum absolute atomic E-state index is 0.0273. The van der Waals surface area contributed by atoms with E-state index in [9.17, 15) is 15.0 Å². The maximum Gasteiger partial charge on any atom is 0.220 e. The van der Waals surface area contributed by atoms with Gasteiger partial charge in [0.05, 0.1) is 18.8 Å². The summed E-state index contributed by atoms with van der Waals surface area (Å²) in [7, 11) is 0. The Bertz CT molecular complexity index is 555. The van der Waals surface area contributed by atoms with Gasteiger partial charge in [-0.1, -0.05) is 213 Å². The minimum Gasteiger partial charge on any atom is -0.394 e. The smallest absolute Gasteiger partial charge is 0.220 e. The van der Waals surface area contributed by atoms with Gasteiger partial charge < -0.3 is 15.5 Å². The monoisotopic (exact) mass is 624 g/mol. The molecule has 4 heteroatoms. The molecule has 1 amide bonds. The number of rotatable bonds is 37. The summed E-state index contributed by atoms with van der Waals surface area (Å²) in [6.07, 6.45) is 43.1. The van der Waals surface area contributed by atoms with E-state index in [1.54, 1.807) is 0 Å². The summed E-state index contributed by atoms with van der Waals surface area (Å²) >= 11 is 0. The number of hydrogen-bond donors (Lipinski definition) is 3. The van der Waals surface area contributed by atoms with Crippen molar-refractivity contribution in [3.8, 4) is 0 Å². The Labute approximate surface area is 276 Å². The average molecular weight is 624 g/mol. The van der Waals surface area contributed by atoms with Crippen LogP contribution in [0.3, 0.4) is 0 Å². The molecular weight excluding hydrogens is 542 g/mol. The maximum absolute atomic E-state index is 12.4. The predicted molar refractivity (Wildman–Crippen MR) is 193 cm³/mol. The Kier molecular flexibility index (Phi) is 36.3. The molecule has 0 aliphatic carbocycles. The van der Waals surface area contributed by atoms with Gasteiger partial charge >= 0.3 is 0 Å². The van der Waals surface area contributed by atoms with Crippen molar-refractivity contribution in [3.05, 3.63) is 0 Å². The molecule has 3 N–H and O–H groups in total. The largest absolute Gasteiger partial charge is 0.394 e. The van der Waals surface area contributed by atoms with Crippen LogP contribution in [-0.2, 0) is 4.79 Å². The number of unbranched alkanes of at least 4 members (excludes halogenated alkanes) is 30. The molecule has 0 aromatic heterocycles. The van der Waals surface area contributed by atoms with Gasteiger partial charge in [-0.2, -0.15) is 0 Å². The zero-order valence-corrected chi connectivity index (χ0v) is 30.2. The standard InChI is InChI=1S/C40H81NO3/c1-3-5-7-9-11-13-15-17-19-20-22-24-26-28-30-32-34-36-40(44)41-38(37-42)39(43)35-33-31-29-27-25-23-21-18-16-14-12-10-8-6-4-2/h38-39,42-43H,3-37H2,1-2H3,(H,41,44)/t38-,39+/m0/s1. The molecular formula is C40H81NO3. The molecule has 2 atom stereocenters. The summed E-state index contributed by atoms with van der Waals surface area (Å²) in [5.41, 5.74) is 0. The first-order valence-electron chi connectivity index (χ1n) is 20.2. The van der Waals surface area contributed by atoms with Crippen molar-refractivity contribution in [2.75, 3.05) is 6.61 Å². The highest BCUT2D eigenvalue weighted by molar-refractivity contribution is 5.76. The highest BCUT2D eigenvalue weighted by atomic mass is 16.3. The molecule has 0 spiro atoms. The number of aliphatic hydroxyl groups is 2. The first-order valence-corrected chi connectivity index (χ1v) is 20.2. The summed E-state index contributed by atoms with van der Waals surface area (Å²) in [6, 6.07) is -0.528. The third kappa shape index (κ3) is 32.8. The van der Waals surface area contributed by atoms with Crippen molar-refractivity contribution < 1.29 is 15.0 Å². The molecule has 264 valence electrons. The number of amides is 1. The van der Waals surface area contributed by atoms with Crippen LogP contribution in [0.15, 0.2) is 0 Å². The van der Waals surface area contributed by atoms with Crippen LogP contribution in [0, 0.1) is 0 Å². The Morgan fingerprint density at radius 1 is 0.455 bits per heavy atom. The van der Waals surface area contributed by atoms with Gasteiger partial charge in [0.1, 0.15) is 0 Å². The highest BCUT2D eigenvalue weighted by Crippen LogP contribution is 2.16. The minimum atomic E-state index is -0.651. The molecule has 0 unspecified atom stereocenters. The second kappa shape index (κ2) is 36.9. The molecule has 4 nitrogen and oxygen atoms in total. The Morgan fingerprint density at radius 3 is 1.02 bits per heavy atom. The van der Waals surface area contributed by atoms with Crippen LogP contribution < -0.4 is 5.32 Å². The zero-order valence-electron chi connectivity index (χ0n) is 30.2. The van der Waals surface area contributed by atoms with Gasteiger partial charge in [-0.25, -0.2) is 0 Å². The lowest BCUT2D eigenvalue weighted by Gasteiger charge is -2.22. The van der Waals surface area contributed by atoms with Gasteiger partial charge in [-0.05, 0) is 12.8 Å². The molecule has 0 aromatic carbocycles. The number of hydrogen-bond acceptors (Lipinski definition) is 3. The summed E-state index contributed by atoms with van der Waals surface area (Å²) < 4.78 is 0. The van der Waals surface area contributed by atoms with Gasteiger partial charge in [-0.15, -0.1) is 0 Å². The van der Waals surface area contributed by atoms with E-state index in [-0.39, 0.29) is 12.5 Å². The molecule has 0 aromatic rings. The molecule has 0 rings (SSSR count). The van der Waals surface area contributed by atoms with Crippen molar-refractivity contribution in [2.45, 2.75) is 244 Å². The van der Waals surface area contributed by atoms with Gasteiger partial charge in [0, 0.05) is 6.42 Å². The van der Waals surface area contributed by atoms with Crippen LogP contribution in [0.1, 0.15) is 232 Å².